The average Bonchev–Trinajstić information content (AvgIpc) is 2.76. The largest absolute Gasteiger partial charge is 0.409 e. The molecule has 0 aliphatic carbocycles. The van der Waals surface area contributed by atoms with Gasteiger partial charge in [0.25, 0.3) is 0 Å². The summed E-state index contributed by atoms with van der Waals surface area (Å²) in [5.41, 5.74) is 5.80. The van der Waals surface area contributed by atoms with Crippen LogP contribution in [0, 0.1) is 5.92 Å². The summed E-state index contributed by atoms with van der Waals surface area (Å²) in [5.74, 6) is 0.0250. The van der Waals surface area contributed by atoms with Crippen LogP contribution in [0.15, 0.2) is 11.4 Å². The summed E-state index contributed by atoms with van der Waals surface area (Å²) >= 11 is 0. The topological polar surface area (TPSA) is 116 Å². The van der Waals surface area contributed by atoms with Crippen molar-refractivity contribution >= 4 is 17.6 Å². The lowest BCUT2D eigenvalue weighted by atomic mass is 10.1. The molecule has 0 saturated carbocycles. The van der Waals surface area contributed by atoms with Gasteiger partial charge in [-0.15, -0.1) is 0 Å². The number of amides is 1. The number of nitrogens with one attached hydrogen (secondary N) is 2. The summed E-state index contributed by atoms with van der Waals surface area (Å²) in [5, 5.41) is 20.4. The van der Waals surface area contributed by atoms with Crippen LogP contribution in [-0.4, -0.2) is 27.1 Å². The van der Waals surface area contributed by atoms with Gasteiger partial charge in [-0.05, 0) is 6.42 Å². The molecule has 0 saturated heterocycles. The molecule has 1 aromatic rings. The quantitative estimate of drug-likeness (QED) is 0.264. The molecule has 0 aromatic carbocycles. The number of aromatic amines is 1. The predicted octanol–water partition coefficient (Wildman–Crippen LogP) is 0.879. The van der Waals surface area contributed by atoms with E-state index in [1.807, 2.05) is 13.8 Å². The van der Waals surface area contributed by atoms with Gasteiger partial charge < -0.3 is 16.3 Å². The highest BCUT2D eigenvalue weighted by Crippen LogP contribution is 2.13. The van der Waals surface area contributed by atoms with E-state index in [0.717, 1.165) is 12.8 Å². The number of oxime groups is 1. The van der Waals surface area contributed by atoms with Gasteiger partial charge in [0.15, 0.2) is 5.84 Å². The normalized spacial score (nSPS) is 13.4. The highest BCUT2D eigenvalue weighted by molar-refractivity contribution is 6.04. The standard InChI is InChI=1S/C10H17N5O2/c1-3-4-6(2)10(16)13-9-7(5-12-14-9)8(11)15-17/h5-6,17H,3-4H2,1-2H3,(H2,11,15)(H2,12,13,14,16). The Balaban J connectivity index is 2.75. The van der Waals surface area contributed by atoms with Crippen molar-refractivity contribution in [2.75, 3.05) is 5.32 Å². The first-order valence-electron chi connectivity index (χ1n) is 5.42. The summed E-state index contributed by atoms with van der Waals surface area (Å²) in [6.07, 6.45) is 3.12. The Labute approximate surface area is 99.1 Å². The Kier molecular flexibility index (Phi) is 4.50. The Hall–Kier alpha value is -2.05. The molecule has 1 rings (SSSR count). The van der Waals surface area contributed by atoms with E-state index in [2.05, 4.69) is 20.7 Å². The number of nitrogens with zero attached hydrogens (tertiary/aromatic N) is 2. The van der Waals surface area contributed by atoms with Crippen LogP contribution in [0.1, 0.15) is 32.3 Å². The van der Waals surface area contributed by atoms with Gasteiger partial charge in [-0.1, -0.05) is 25.4 Å². The molecule has 17 heavy (non-hydrogen) atoms. The Bertz CT molecular complexity index is 413. The molecule has 1 unspecified atom stereocenters. The molecule has 5 N–H and O–H groups in total. The number of rotatable bonds is 5. The number of nitrogens with two attached hydrogens (primary N) is 1. The minimum Gasteiger partial charge on any atom is -0.409 e. The monoisotopic (exact) mass is 239 g/mol. The molecular weight excluding hydrogens is 222 g/mol. The first-order valence-corrected chi connectivity index (χ1v) is 5.42. The molecule has 1 atom stereocenters. The van der Waals surface area contributed by atoms with Crippen molar-refractivity contribution in [3.8, 4) is 0 Å². The Morgan fingerprint density at radius 3 is 3.06 bits per heavy atom. The molecule has 1 aromatic heterocycles. The van der Waals surface area contributed by atoms with E-state index < -0.39 is 0 Å². The van der Waals surface area contributed by atoms with Crippen LogP contribution in [-0.2, 0) is 4.79 Å². The lowest BCUT2D eigenvalue weighted by Crippen LogP contribution is -2.23. The number of carbonyl (C=O) groups is 1. The first kappa shape index (κ1) is 13.0. The number of hydrogen-bond donors (Lipinski definition) is 4. The Morgan fingerprint density at radius 1 is 1.76 bits per heavy atom. The molecule has 7 nitrogen and oxygen atoms in total. The number of hydrogen-bond acceptors (Lipinski definition) is 4. The summed E-state index contributed by atoms with van der Waals surface area (Å²) in [7, 11) is 0. The van der Waals surface area contributed by atoms with E-state index in [0.29, 0.717) is 11.4 Å². The molecule has 0 aliphatic rings. The summed E-state index contributed by atoms with van der Waals surface area (Å²) < 4.78 is 0. The maximum Gasteiger partial charge on any atom is 0.228 e. The number of H-pyrrole nitrogens is 1. The van der Waals surface area contributed by atoms with Crippen LogP contribution >= 0.6 is 0 Å². The van der Waals surface area contributed by atoms with Crippen LogP contribution in [0.3, 0.4) is 0 Å². The lowest BCUT2D eigenvalue weighted by Gasteiger charge is -2.10. The molecule has 94 valence electrons. The summed E-state index contributed by atoms with van der Waals surface area (Å²) in [6.45, 7) is 3.86. The zero-order valence-electron chi connectivity index (χ0n) is 9.90. The fourth-order valence-corrected chi connectivity index (χ4v) is 1.44. The second kappa shape index (κ2) is 5.88. The highest BCUT2D eigenvalue weighted by atomic mass is 16.4. The molecule has 7 heteroatoms. The third-order valence-electron chi connectivity index (χ3n) is 2.44. The van der Waals surface area contributed by atoms with E-state index in [9.17, 15) is 4.79 Å². The highest BCUT2D eigenvalue weighted by Gasteiger charge is 2.16. The fraction of sp³-hybridized carbons (Fsp3) is 0.500. The van der Waals surface area contributed by atoms with Gasteiger partial charge in [-0.25, -0.2) is 0 Å². The van der Waals surface area contributed by atoms with E-state index in [1.165, 1.54) is 6.20 Å². The van der Waals surface area contributed by atoms with Crippen LogP contribution in [0.25, 0.3) is 0 Å². The number of anilines is 1. The maximum atomic E-state index is 11.8. The molecule has 0 spiro atoms. The Morgan fingerprint density at radius 2 is 2.47 bits per heavy atom. The van der Waals surface area contributed by atoms with Crippen molar-refractivity contribution in [2.24, 2.45) is 16.8 Å². The summed E-state index contributed by atoms with van der Waals surface area (Å²) in [6, 6.07) is 0. The van der Waals surface area contributed by atoms with E-state index in [-0.39, 0.29) is 17.7 Å². The van der Waals surface area contributed by atoms with Gasteiger partial charge in [0.05, 0.1) is 11.8 Å². The fourth-order valence-electron chi connectivity index (χ4n) is 1.44. The smallest absolute Gasteiger partial charge is 0.228 e. The van der Waals surface area contributed by atoms with Crippen molar-refractivity contribution in [1.29, 1.82) is 0 Å². The second-order valence-electron chi connectivity index (χ2n) is 3.82. The van der Waals surface area contributed by atoms with Gasteiger partial charge in [-0.3, -0.25) is 9.89 Å². The molecule has 1 heterocycles. The van der Waals surface area contributed by atoms with Crippen LogP contribution in [0.2, 0.25) is 0 Å². The van der Waals surface area contributed by atoms with Crippen LogP contribution < -0.4 is 11.1 Å². The molecule has 0 radical (unpaired) electrons. The second-order valence-corrected chi connectivity index (χ2v) is 3.82. The zero-order chi connectivity index (χ0) is 12.8. The zero-order valence-corrected chi connectivity index (χ0v) is 9.90. The van der Waals surface area contributed by atoms with Gasteiger partial charge >= 0.3 is 0 Å². The molecule has 0 fully saturated rings. The van der Waals surface area contributed by atoms with E-state index >= 15 is 0 Å². The number of amidine groups is 1. The third kappa shape index (κ3) is 3.20. The summed E-state index contributed by atoms with van der Waals surface area (Å²) in [4.78, 5) is 11.8. The van der Waals surface area contributed by atoms with Gasteiger partial charge in [0.1, 0.15) is 5.82 Å². The van der Waals surface area contributed by atoms with Crippen molar-refractivity contribution in [2.45, 2.75) is 26.7 Å². The van der Waals surface area contributed by atoms with Crippen molar-refractivity contribution in [3.63, 3.8) is 0 Å². The van der Waals surface area contributed by atoms with Gasteiger partial charge in [0, 0.05) is 5.92 Å². The van der Waals surface area contributed by atoms with Crippen molar-refractivity contribution in [3.05, 3.63) is 11.8 Å². The maximum absolute atomic E-state index is 11.8. The SMILES string of the molecule is CCCC(C)C(=O)Nc1[nH]ncc1C(N)=NO. The van der Waals surface area contributed by atoms with Crippen molar-refractivity contribution < 1.29 is 10.0 Å². The molecule has 0 bridgehead atoms. The predicted molar refractivity (Wildman–Crippen MR) is 63.8 cm³/mol. The number of carbonyl (C=O) groups excluding carboxylic acids is 1. The number of aromatic nitrogens is 2. The third-order valence-corrected chi connectivity index (χ3v) is 2.44. The van der Waals surface area contributed by atoms with E-state index in [1.54, 1.807) is 0 Å². The van der Waals surface area contributed by atoms with Gasteiger partial charge in [-0.2, -0.15) is 5.10 Å². The molecule has 1 amide bonds. The van der Waals surface area contributed by atoms with E-state index in [4.69, 9.17) is 10.9 Å². The first-order chi connectivity index (χ1) is 8.10. The van der Waals surface area contributed by atoms with Crippen LogP contribution in [0.5, 0.6) is 0 Å². The van der Waals surface area contributed by atoms with Crippen LogP contribution in [0.4, 0.5) is 5.82 Å². The minimum absolute atomic E-state index is 0.0940. The van der Waals surface area contributed by atoms with Gasteiger partial charge in [0.2, 0.25) is 5.91 Å². The van der Waals surface area contributed by atoms with Crippen molar-refractivity contribution in [1.82, 2.24) is 10.2 Å². The average molecular weight is 239 g/mol. The lowest BCUT2D eigenvalue weighted by molar-refractivity contribution is -0.119. The molecular formula is C10H17N5O2. The molecule has 0 aliphatic heterocycles. The minimum atomic E-state index is -0.122.